The predicted octanol–water partition coefficient (Wildman–Crippen LogP) is 2.67. The molecule has 2 heteroatoms. The summed E-state index contributed by atoms with van der Waals surface area (Å²) in [6, 6.07) is 1.93. The van der Waals surface area contributed by atoms with Crippen molar-refractivity contribution in [2.75, 3.05) is 0 Å². The van der Waals surface area contributed by atoms with Gasteiger partial charge in [-0.1, -0.05) is 13.8 Å². The second-order valence-electron chi connectivity index (χ2n) is 5.26. The number of aryl methyl sites for hydroxylation is 1. The van der Waals surface area contributed by atoms with Gasteiger partial charge in [-0.2, -0.15) is 0 Å². The Hall–Kier alpha value is -1.49. The fraction of sp³-hybridized carbons (Fsp3) is 0.500. The van der Waals surface area contributed by atoms with Crippen LogP contribution in [0.25, 0.3) is 0 Å². The fourth-order valence-corrected chi connectivity index (χ4v) is 2.40. The molecule has 1 heterocycles. The Morgan fingerprint density at radius 3 is 2.94 bits per heavy atom. The highest BCUT2D eigenvalue weighted by molar-refractivity contribution is 5.98. The molecule has 0 saturated carbocycles. The molecule has 0 amide bonds. The maximum atomic E-state index is 11.9. The topological polar surface area (TPSA) is 22.0 Å². The van der Waals surface area contributed by atoms with E-state index in [1.54, 1.807) is 0 Å². The van der Waals surface area contributed by atoms with E-state index in [-0.39, 0.29) is 11.2 Å². The monoisotopic (exact) mass is 215 g/mol. The quantitative estimate of drug-likeness (QED) is 0.695. The van der Waals surface area contributed by atoms with Gasteiger partial charge >= 0.3 is 0 Å². The van der Waals surface area contributed by atoms with Gasteiger partial charge in [0.15, 0.2) is 5.78 Å². The lowest BCUT2D eigenvalue weighted by Crippen LogP contribution is -2.28. The molecular weight excluding hydrogens is 198 g/mol. The third-order valence-corrected chi connectivity index (χ3v) is 3.16. The van der Waals surface area contributed by atoms with E-state index in [1.807, 2.05) is 12.3 Å². The number of nitrogens with zero attached hydrogens (tertiary/aromatic N) is 1. The zero-order chi connectivity index (χ0) is 11.8. The molecule has 0 aliphatic heterocycles. The van der Waals surface area contributed by atoms with E-state index >= 15 is 0 Å². The highest BCUT2D eigenvalue weighted by atomic mass is 16.1. The van der Waals surface area contributed by atoms with Crippen molar-refractivity contribution in [2.24, 2.45) is 5.41 Å². The fourth-order valence-electron chi connectivity index (χ4n) is 2.40. The number of terminal acetylenes is 1. The number of ketones is 1. The number of fused-ring (bicyclic) bond motifs is 1. The van der Waals surface area contributed by atoms with Crippen LogP contribution in [0.3, 0.4) is 0 Å². The Labute approximate surface area is 96.7 Å². The minimum Gasteiger partial charge on any atom is -0.350 e. The maximum absolute atomic E-state index is 11.9. The van der Waals surface area contributed by atoms with Crippen molar-refractivity contribution in [3.63, 3.8) is 0 Å². The summed E-state index contributed by atoms with van der Waals surface area (Å²) in [5.74, 6) is 2.91. The van der Waals surface area contributed by atoms with Crippen LogP contribution in [-0.4, -0.2) is 10.4 Å². The first-order valence-corrected chi connectivity index (χ1v) is 5.68. The average Bonchev–Trinajstić information content (AvgIpc) is 2.56. The van der Waals surface area contributed by atoms with E-state index < -0.39 is 0 Å². The molecule has 16 heavy (non-hydrogen) atoms. The van der Waals surface area contributed by atoms with Crippen molar-refractivity contribution in [1.29, 1.82) is 0 Å². The molecule has 1 aromatic rings. The molecule has 0 aromatic carbocycles. The van der Waals surface area contributed by atoms with Crippen LogP contribution in [0, 0.1) is 17.8 Å². The molecule has 0 unspecified atom stereocenters. The molecule has 1 aliphatic rings. The first kappa shape index (κ1) is 11.0. The van der Waals surface area contributed by atoms with Crippen LogP contribution in [0.4, 0.5) is 0 Å². The zero-order valence-electron chi connectivity index (χ0n) is 9.92. The van der Waals surface area contributed by atoms with Crippen LogP contribution in [0.2, 0.25) is 0 Å². The van der Waals surface area contributed by atoms with Crippen LogP contribution in [-0.2, 0) is 13.0 Å². The molecule has 84 valence electrons. The van der Waals surface area contributed by atoms with Crippen molar-refractivity contribution in [3.05, 3.63) is 23.5 Å². The normalized spacial score (nSPS) is 17.9. The summed E-state index contributed by atoms with van der Waals surface area (Å²) in [6.07, 6.45) is 9.59. The average molecular weight is 215 g/mol. The van der Waals surface area contributed by atoms with Gasteiger partial charge in [0.1, 0.15) is 0 Å². The highest BCUT2D eigenvalue weighted by Crippen LogP contribution is 2.35. The number of Topliss-reactive ketones (excluding diaryl/α,β-unsaturated/α-hetero) is 1. The second-order valence-corrected chi connectivity index (χ2v) is 5.26. The molecular formula is C14H17NO. The molecule has 0 spiro atoms. The molecule has 1 aliphatic carbocycles. The van der Waals surface area contributed by atoms with Crippen molar-refractivity contribution in [3.8, 4) is 12.3 Å². The van der Waals surface area contributed by atoms with E-state index in [4.69, 9.17) is 6.42 Å². The first-order valence-electron chi connectivity index (χ1n) is 5.68. The van der Waals surface area contributed by atoms with E-state index in [9.17, 15) is 4.79 Å². The van der Waals surface area contributed by atoms with Crippen LogP contribution in [0.15, 0.2) is 12.3 Å². The van der Waals surface area contributed by atoms with E-state index in [0.717, 1.165) is 30.6 Å². The van der Waals surface area contributed by atoms with Crippen molar-refractivity contribution in [1.82, 2.24) is 4.57 Å². The Kier molecular flexibility index (Phi) is 2.63. The molecule has 2 nitrogen and oxygen atoms in total. The van der Waals surface area contributed by atoms with Gasteiger partial charge in [-0.05, 0) is 17.9 Å². The second kappa shape index (κ2) is 3.83. The van der Waals surface area contributed by atoms with Crippen molar-refractivity contribution >= 4 is 5.78 Å². The lowest BCUT2D eigenvalue weighted by Gasteiger charge is -2.29. The van der Waals surface area contributed by atoms with Crippen molar-refractivity contribution < 1.29 is 4.79 Å². The van der Waals surface area contributed by atoms with Crippen LogP contribution < -0.4 is 0 Å². The van der Waals surface area contributed by atoms with Gasteiger partial charge in [0.25, 0.3) is 0 Å². The molecule has 0 N–H and O–H groups in total. The summed E-state index contributed by atoms with van der Waals surface area (Å²) in [5.41, 5.74) is 2.14. The van der Waals surface area contributed by atoms with Crippen LogP contribution in [0.1, 0.15) is 42.7 Å². The Morgan fingerprint density at radius 1 is 1.50 bits per heavy atom. The number of aromatic nitrogens is 1. The Morgan fingerprint density at radius 2 is 2.25 bits per heavy atom. The lowest BCUT2D eigenvalue weighted by atomic mass is 9.76. The van der Waals surface area contributed by atoms with Crippen LogP contribution >= 0.6 is 0 Å². The van der Waals surface area contributed by atoms with Gasteiger partial charge in [0.05, 0.1) is 0 Å². The van der Waals surface area contributed by atoms with Gasteiger partial charge in [-0.25, -0.2) is 0 Å². The number of hydrogen-bond acceptors (Lipinski definition) is 1. The van der Waals surface area contributed by atoms with Gasteiger partial charge in [0.2, 0.25) is 0 Å². The minimum absolute atomic E-state index is 0.0797. The van der Waals surface area contributed by atoms with E-state index in [2.05, 4.69) is 24.3 Å². The molecule has 0 saturated heterocycles. The SMILES string of the molecule is C#CCCn1ccc2c1CC(C)(C)CC2=O. The standard InChI is InChI=1S/C14H17NO/c1-4-5-7-15-8-6-11-12(15)9-14(2,3)10-13(11)16/h1,6,8H,5,7,9-10H2,2-3H3. The third kappa shape index (κ3) is 1.90. The van der Waals surface area contributed by atoms with Crippen molar-refractivity contribution in [2.45, 2.75) is 39.7 Å². The van der Waals surface area contributed by atoms with E-state index in [1.165, 1.54) is 0 Å². The number of hydrogen-bond donors (Lipinski definition) is 0. The Bertz CT molecular complexity index is 460. The summed E-state index contributed by atoms with van der Waals surface area (Å²) < 4.78 is 2.13. The largest absolute Gasteiger partial charge is 0.350 e. The third-order valence-electron chi connectivity index (χ3n) is 3.16. The van der Waals surface area contributed by atoms with Gasteiger partial charge in [-0.15, -0.1) is 12.3 Å². The molecule has 2 rings (SSSR count). The molecule has 0 radical (unpaired) electrons. The summed E-state index contributed by atoms with van der Waals surface area (Å²) in [6.45, 7) is 5.11. The first-order chi connectivity index (χ1) is 7.53. The highest BCUT2D eigenvalue weighted by Gasteiger charge is 2.32. The molecule has 1 aromatic heterocycles. The molecule has 0 atom stereocenters. The zero-order valence-corrected chi connectivity index (χ0v) is 9.92. The maximum Gasteiger partial charge on any atom is 0.165 e. The molecule has 0 fully saturated rings. The summed E-state index contributed by atoms with van der Waals surface area (Å²) in [4.78, 5) is 11.9. The summed E-state index contributed by atoms with van der Waals surface area (Å²) >= 11 is 0. The van der Waals surface area contributed by atoms with Gasteiger partial charge < -0.3 is 4.57 Å². The summed E-state index contributed by atoms with van der Waals surface area (Å²) in [5, 5.41) is 0. The smallest absolute Gasteiger partial charge is 0.165 e. The number of rotatable bonds is 2. The van der Waals surface area contributed by atoms with Crippen LogP contribution in [0.5, 0.6) is 0 Å². The van der Waals surface area contributed by atoms with E-state index in [0.29, 0.717) is 6.42 Å². The molecule has 0 bridgehead atoms. The Balaban J connectivity index is 2.34. The van der Waals surface area contributed by atoms with Gasteiger partial charge in [-0.3, -0.25) is 4.79 Å². The number of carbonyl (C=O) groups is 1. The van der Waals surface area contributed by atoms with Gasteiger partial charge in [0, 0.05) is 36.8 Å². The summed E-state index contributed by atoms with van der Waals surface area (Å²) in [7, 11) is 0. The predicted molar refractivity (Wildman–Crippen MR) is 64.3 cm³/mol. The lowest BCUT2D eigenvalue weighted by molar-refractivity contribution is 0.0910. The minimum atomic E-state index is 0.0797. The number of carbonyl (C=O) groups excluding carboxylic acids is 1.